The molecule has 10 heteroatoms. The molecule has 2 rings (SSSR count). The molecular weight excluding hydrogens is 513 g/mol. The third-order valence-corrected chi connectivity index (χ3v) is 4.84. The van der Waals surface area contributed by atoms with Gasteiger partial charge in [0, 0.05) is 39.6 Å². The molecular formula is C21H36IN5O4. The van der Waals surface area contributed by atoms with Crippen molar-refractivity contribution in [3.05, 3.63) is 23.8 Å². The minimum atomic E-state index is -0.0421. The van der Waals surface area contributed by atoms with E-state index in [1.54, 1.807) is 14.2 Å². The van der Waals surface area contributed by atoms with Crippen LogP contribution in [-0.2, 0) is 9.53 Å². The molecule has 1 atom stereocenters. The Balaban J connectivity index is 0.00000480. The topological polar surface area (TPSA) is 96.5 Å². The summed E-state index contributed by atoms with van der Waals surface area (Å²) < 4.78 is 16.4. The highest BCUT2D eigenvalue weighted by molar-refractivity contribution is 14.0. The molecule has 1 unspecified atom stereocenters. The Bertz CT molecular complexity index is 698. The molecule has 1 fully saturated rings. The van der Waals surface area contributed by atoms with Gasteiger partial charge in [-0.1, -0.05) is 6.07 Å². The Morgan fingerprint density at radius 3 is 2.42 bits per heavy atom. The summed E-state index contributed by atoms with van der Waals surface area (Å²) >= 11 is 0. The van der Waals surface area contributed by atoms with Crippen molar-refractivity contribution in [1.82, 2.24) is 20.9 Å². The molecule has 1 saturated heterocycles. The van der Waals surface area contributed by atoms with Gasteiger partial charge in [-0.25, -0.2) is 0 Å². The van der Waals surface area contributed by atoms with Crippen molar-refractivity contribution in [1.29, 1.82) is 0 Å². The zero-order valence-corrected chi connectivity index (χ0v) is 21.2. The average molecular weight is 549 g/mol. The number of nitrogens with zero attached hydrogens (tertiary/aromatic N) is 2. The van der Waals surface area contributed by atoms with E-state index < -0.39 is 0 Å². The van der Waals surface area contributed by atoms with Crippen molar-refractivity contribution in [3.63, 3.8) is 0 Å². The molecule has 1 aromatic rings. The summed E-state index contributed by atoms with van der Waals surface area (Å²) in [5.74, 6) is 2.09. The molecule has 0 saturated carbocycles. The first-order valence-corrected chi connectivity index (χ1v) is 10.4. The highest BCUT2D eigenvalue weighted by atomic mass is 127. The van der Waals surface area contributed by atoms with Crippen molar-refractivity contribution in [2.75, 3.05) is 66.7 Å². The summed E-state index contributed by atoms with van der Waals surface area (Å²) in [7, 11) is 3.28. The first-order chi connectivity index (χ1) is 14.6. The first kappa shape index (κ1) is 27.2. The van der Waals surface area contributed by atoms with Crippen LogP contribution in [0.4, 0.5) is 0 Å². The lowest BCUT2D eigenvalue weighted by Crippen LogP contribution is -2.43. The van der Waals surface area contributed by atoms with Gasteiger partial charge in [0.05, 0.1) is 40.0 Å². The molecule has 1 heterocycles. The molecule has 1 aliphatic rings. The van der Waals surface area contributed by atoms with Crippen molar-refractivity contribution < 1.29 is 19.0 Å². The molecule has 31 heavy (non-hydrogen) atoms. The largest absolute Gasteiger partial charge is 0.493 e. The van der Waals surface area contributed by atoms with Crippen molar-refractivity contribution in [3.8, 4) is 11.5 Å². The number of amides is 1. The van der Waals surface area contributed by atoms with Gasteiger partial charge in [-0.05, 0) is 24.6 Å². The third-order valence-electron chi connectivity index (χ3n) is 4.84. The lowest BCUT2D eigenvalue weighted by Gasteiger charge is -2.34. The molecule has 1 aliphatic heterocycles. The van der Waals surface area contributed by atoms with Gasteiger partial charge in [0.1, 0.15) is 0 Å². The van der Waals surface area contributed by atoms with Crippen LogP contribution < -0.4 is 25.4 Å². The zero-order chi connectivity index (χ0) is 21.8. The lowest BCUT2D eigenvalue weighted by molar-refractivity contribution is -0.118. The number of halogens is 1. The van der Waals surface area contributed by atoms with Gasteiger partial charge in [0.15, 0.2) is 17.5 Å². The Hall–Kier alpha value is -1.79. The van der Waals surface area contributed by atoms with Crippen LogP contribution in [0, 0.1) is 0 Å². The molecule has 176 valence electrons. The van der Waals surface area contributed by atoms with Crippen LogP contribution >= 0.6 is 24.0 Å². The molecule has 0 aliphatic carbocycles. The Labute approximate surface area is 202 Å². The van der Waals surface area contributed by atoms with Gasteiger partial charge < -0.3 is 30.2 Å². The summed E-state index contributed by atoms with van der Waals surface area (Å²) in [6.45, 7) is 9.13. The van der Waals surface area contributed by atoms with Crippen LogP contribution in [0.25, 0.3) is 0 Å². The number of nitrogens with one attached hydrogen (secondary N) is 3. The van der Waals surface area contributed by atoms with Gasteiger partial charge in [-0.15, -0.1) is 24.0 Å². The minimum Gasteiger partial charge on any atom is -0.493 e. The first-order valence-electron chi connectivity index (χ1n) is 10.4. The smallest absolute Gasteiger partial charge is 0.216 e. The van der Waals surface area contributed by atoms with Crippen LogP contribution in [0.5, 0.6) is 11.5 Å². The Morgan fingerprint density at radius 1 is 1.13 bits per heavy atom. The molecule has 1 aromatic carbocycles. The number of guanidine groups is 1. The van der Waals surface area contributed by atoms with Crippen molar-refractivity contribution >= 4 is 35.8 Å². The van der Waals surface area contributed by atoms with Crippen LogP contribution in [0.3, 0.4) is 0 Å². The number of morpholine rings is 1. The number of carbonyl (C=O) groups excluding carboxylic acids is 1. The summed E-state index contributed by atoms with van der Waals surface area (Å²) in [5, 5.41) is 9.30. The van der Waals surface area contributed by atoms with E-state index in [0.717, 1.165) is 31.2 Å². The standard InChI is InChI=1S/C21H35N5O4.HI/c1-5-22-21(24-9-8-23-16(2)27)25-15-18(26-10-12-30-13-11-26)17-6-7-19(28-3)20(14-17)29-4;/h6-7,14,18H,5,8-13,15H2,1-4H3,(H,23,27)(H2,22,24,25);1H. The van der Waals surface area contributed by atoms with E-state index in [4.69, 9.17) is 19.2 Å². The highest BCUT2D eigenvalue weighted by Crippen LogP contribution is 2.32. The number of carbonyl (C=O) groups is 1. The Morgan fingerprint density at radius 2 is 1.81 bits per heavy atom. The number of ether oxygens (including phenoxy) is 3. The monoisotopic (exact) mass is 549 g/mol. The maximum absolute atomic E-state index is 11.0. The predicted octanol–water partition coefficient (Wildman–Crippen LogP) is 1.39. The van der Waals surface area contributed by atoms with Gasteiger partial charge >= 0.3 is 0 Å². The van der Waals surface area contributed by atoms with Gasteiger partial charge in [0.2, 0.25) is 5.91 Å². The molecule has 3 N–H and O–H groups in total. The predicted molar refractivity (Wildman–Crippen MR) is 133 cm³/mol. The van der Waals surface area contributed by atoms with Crippen LogP contribution in [0.1, 0.15) is 25.5 Å². The fourth-order valence-electron chi connectivity index (χ4n) is 3.32. The summed E-state index contributed by atoms with van der Waals surface area (Å²) in [4.78, 5) is 18.2. The number of rotatable bonds is 10. The summed E-state index contributed by atoms with van der Waals surface area (Å²) in [6, 6.07) is 6.10. The second-order valence-corrected chi connectivity index (χ2v) is 6.91. The van der Waals surface area contributed by atoms with Gasteiger partial charge in [0.25, 0.3) is 0 Å². The van der Waals surface area contributed by atoms with Gasteiger partial charge in [-0.2, -0.15) is 0 Å². The molecule has 1 amide bonds. The maximum atomic E-state index is 11.0. The lowest BCUT2D eigenvalue weighted by atomic mass is 10.0. The van der Waals surface area contributed by atoms with E-state index >= 15 is 0 Å². The van der Waals surface area contributed by atoms with E-state index in [2.05, 4.69) is 26.9 Å². The molecule has 0 radical (unpaired) electrons. The minimum absolute atomic E-state index is 0. The average Bonchev–Trinajstić information content (AvgIpc) is 2.77. The van der Waals surface area contributed by atoms with E-state index in [1.165, 1.54) is 6.92 Å². The maximum Gasteiger partial charge on any atom is 0.216 e. The summed E-state index contributed by atoms with van der Waals surface area (Å²) in [6.07, 6.45) is 0. The number of hydrogen-bond donors (Lipinski definition) is 3. The third kappa shape index (κ3) is 9.08. The van der Waals surface area contributed by atoms with Crippen LogP contribution in [-0.4, -0.2) is 83.5 Å². The highest BCUT2D eigenvalue weighted by Gasteiger charge is 2.24. The quantitative estimate of drug-likeness (QED) is 0.176. The SMILES string of the molecule is CCNC(=NCC(c1ccc(OC)c(OC)c1)N1CCOCC1)NCCNC(C)=O.I. The Kier molecular flexibility index (Phi) is 13.3. The number of aliphatic imine (C=N–C) groups is 1. The van der Waals surface area contributed by atoms with Crippen molar-refractivity contribution in [2.24, 2.45) is 4.99 Å². The number of hydrogen-bond acceptors (Lipinski definition) is 6. The normalized spacial score (nSPS) is 15.4. The van der Waals surface area contributed by atoms with Crippen molar-refractivity contribution in [2.45, 2.75) is 19.9 Å². The summed E-state index contributed by atoms with van der Waals surface area (Å²) in [5.41, 5.74) is 1.12. The zero-order valence-electron chi connectivity index (χ0n) is 18.9. The second-order valence-electron chi connectivity index (χ2n) is 6.91. The van der Waals surface area contributed by atoms with Crippen LogP contribution in [0.2, 0.25) is 0 Å². The van der Waals surface area contributed by atoms with Gasteiger partial charge in [-0.3, -0.25) is 14.7 Å². The molecule has 0 bridgehead atoms. The fourth-order valence-corrected chi connectivity index (χ4v) is 3.32. The second kappa shape index (κ2) is 15.1. The molecule has 0 spiro atoms. The van der Waals surface area contributed by atoms with E-state index in [1.807, 2.05) is 19.1 Å². The molecule has 0 aromatic heterocycles. The van der Waals surface area contributed by atoms with Crippen LogP contribution in [0.15, 0.2) is 23.2 Å². The van der Waals surface area contributed by atoms with E-state index in [-0.39, 0.29) is 35.9 Å². The number of methoxy groups -OCH3 is 2. The van der Waals surface area contributed by atoms with E-state index in [0.29, 0.717) is 44.3 Å². The van der Waals surface area contributed by atoms with E-state index in [9.17, 15) is 4.79 Å². The fraction of sp³-hybridized carbons (Fsp3) is 0.619. The molecule has 9 nitrogen and oxygen atoms in total. The number of benzene rings is 1.